The zero-order chi connectivity index (χ0) is 14.6. The van der Waals surface area contributed by atoms with E-state index in [4.69, 9.17) is 4.74 Å². The van der Waals surface area contributed by atoms with Gasteiger partial charge in [-0.05, 0) is 42.9 Å². The van der Waals surface area contributed by atoms with Gasteiger partial charge in [0.15, 0.2) is 0 Å². The lowest BCUT2D eigenvalue weighted by atomic mass is 10.0. The molecule has 1 aromatic rings. The third-order valence-electron chi connectivity index (χ3n) is 3.64. The number of sulfonamides is 1. The molecule has 2 rings (SSSR count). The maximum Gasteiger partial charge on any atom is 0.240 e. The largest absolute Gasteiger partial charge is 0.378 e. The van der Waals surface area contributed by atoms with E-state index in [1.807, 2.05) is 12.1 Å². The molecule has 1 aromatic carbocycles. The van der Waals surface area contributed by atoms with Crippen LogP contribution in [0.25, 0.3) is 0 Å². The summed E-state index contributed by atoms with van der Waals surface area (Å²) in [6, 6.07) is 7.09. The maximum absolute atomic E-state index is 12.1. The van der Waals surface area contributed by atoms with Crippen molar-refractivity contribution in [2.75, 3.05) is 13.2 Å². The Morgan fingerprint density at radius 2 is 2.00 bits per heavy atom. The molecule has 0 bridgehead atoms. The van der Waals surface area contributed by atoms with Crippen molar-refractivity contribution >= 4 is 10.0 Å². The fraction of sp³-hybridized carbons (Fsp3) is 0.600. The van der Waals surface area contributed by atoms with Crippen LogP contribution in [0.5, 0.6) is 0 Å². The first-order valence-corrected chi connectivity index (χ1v) is 8.68. The molecule has 112 valence electrons. The fourth-order valence-electron chi connectivity index (χ4n) is 2.34. The highest BCUT2D eigenvalue weighted by molar-refractivity contribution is 7.89. The average Bonchev–Trinajstić information content (AvgIpc) is 2.92. The van der Waals surface area contributed by atoms with Gasteiger partial charge < -0.3 is 4.74 Å². The first-order valence-electron chi connectivity index (χ1n) is 7.20. The Kier molecular flexibility index (Phi) is 5.18. The molecule has 0 aliphatic carbocycles. The van der Waals surface area contributed by atoms with Gasteiger partial charge in [-0.2, -0.15) is 0 Å². The van der Waals surface area contributed by atoms with E-state index >= 15 is 0 Å². The molecular weight excluding hydrogens is 274 g/mol. The van der Waals surface area contributed by atoms with Crippen molar-refractivity contribution in [1.82, 2.24) is 4.72 Å². The Morgan fingerprint density at radius 1 is 1.30 bits per heavy atom. The summed E-state index contributed by atoms with van der Waals surface area (Å²) in [5.74, 6) is 0.402. The van der Waals surface area contributed by atoms with E-state index in [9.17, 15) is 8.42 Å². The molecule has 20 heavy (non-hydrogen) atoms. The van der Waals surface area contributed by atoms with E-state index in [1.165, 1.54) is 0 Å². The Hall–Kier alpha value is -0.910. The van der Waals surface area contributed by atoms with Gasteiger partial charge in [-0.15, -0.1) is 0 Å². The summed E-state index contributed by atoms with van der Waals surface area (Å²) in [4.78, 5) is 0.328. The Labute approximate surface area is 121 Å². The smallest absolute Gasteiger partial charge is 0.240 e. The highest BCUT2D eigenvalue weighted by Gasteiger charge is 2.18. The van der Waals surface area contributed by atoms with Gasteiger partial charge in [0.2, 0.25) is 10.0 Å². The van der Waals surface area contributed by atoms with Gasteiger partial charge in [-0.3, -0.25) is 0 Å². The molecule has 5 heteroatoms. The number of hydrogen-bond acceptors (Lipinski definition) is 3. The lowest BCUT2D eigenvalue weighted by Crippen LogP contribution is -2.27. The minimum Gasteiger partial charge on any atom is -0.378 e. The molecule has 4 nitrogen and oxygen atoms in total. The van der Waals surface area contributed by atoms with Crippen LogP contribution in [-0.4, -0.2) is 27.7 Å². The van der Waals surface area contributed by atoms with Crippen LogP contribution in [0.15, 0.2) is 29.2 Å². The van der Waals surface area contributed by atoms with Crippen molar-refractivity contribution < 1.29 is 13.2 Å². The molecular formula is C15H23NO3S. The van der Waals surface area contributed by atoms with Gasteiger partial charge >= 0.3 is 0 Å². The summed E-state index contributed by atoms with van der Waals surface area (Å²) in [6.45, 7) is 5.40. The zero-order valence-corrected chi connectivity index (χ0v) is 12.9. The Balaban J connectivity index is 1.91. The zero-order valence-electron chi connectivity index (χ0n) is 12.1. The number of ether oxygens (including phenoxy) is 1. The number of nitrogens with one attached hydrogen (secondary N) is 1. The number of hydrogen-bond donors (Lipinski definition) is 1. The minimum atomic E-state index is -3.40. The normalized spacial score (nSPS) is 19.6. The van der Waals surface area contributed by atoms with Crippen molar-refractivity contribution in [3.63, 3.8) is 0 Å². The Bertz CT molecular complexity index is 517. The topological polar surface area (TPSA) is 55.4 Å². The van der Waals surface area contributed by atoms with Crippen LogP contribution in [-0.2, 0) is 14.8 Å². The summed E-state index contributed by atoms with van der Waals surface area (Å²) in [5, 5.41) is 0. The molecule has 0 radical (unpaired) electrons. The van der Waals surface area contributed by atoms with Crippen molar-refractivity contribution in [3.8, 4) is 0 Å². The van der Waals surface area contributed by atoms with Crippen LogP contribution in [0.1, 0.15) is 44.6 Å². The van der Waals surface area contributed by atoms with Crippen LogP contribution >= 0.6 is 0 Å². The fourth-order valence-corrected chi connectivity index (χ4v) is 3.39. The second-order valence-electron chi connectivity index (χ2n) is 5.55. The molecule has 0 amide bonds. The molecule has 1 fully saturated rings. The standard InChI is InChI=1S/C15H23NO3S/c1-12(2)13-5-7-15(8-6-13)20(17,18)16-10-9-14-4-3-11-19-14/h5-8,12,14,16H,3-4,9-11H2,1-2H3. The molecule has 1 saturated heterocycles. The molecule has 0 spiro atoms. The lowest BCUT2D eigenvalue weighted by Gasteiger charge is -2.11. The average molecular weight is 297 g/mol. The molecule has 1 aliphatic heterocycles. The molecule has 1 unspecified atom stereocenters. The minimum absolute atomic E-state index is 0.209. The van der Waals surface area contributed by atoms with E-state index in [1.54, 1.807) is 12.1 Å². The van der Waals surface area contributed by atoms with Gasteiger partial charge in [0, 0.05) is 13.2 Å². The second-order valence-corrected chi connectivity index (χ2v) is 7.31. The summed E-state index contributed by atoms with van der Waals surface area (Å²) in [5.41, 5.74) is 1.14. The third kappa shape index (κ3) is 4.04. The summed E-state index contributed by atoms with van der Waals surface area (Å²) in [7, 11) is -3.40. The van der Waals surface area contributed by atoms with Gasteiger partial charge in [0.05, 0.1) is 11.0 Å². The van der Waals surface area contributed by atoms with Crippen molar-refractivity contribution in [3.05, 3.63) is 29.8 Å². The number of benzene rings is 1. The van der Waals surface area contributed by atoms with Crippen LogP contribution in [0.3, 0.4) is 0 Å². The van der Waals surface area contributed by atoms with E-state index in [0.717, 1.165) is 31.4 Å². The monoisotopic (exact) mass is 297 g/mol. The van der Waals surface area contributed by atoms with E-state index in [2.05, 4.69) is 18.6 Å². The summed E-state index contributed by atoms with van der Waals surface area (Å²) in [6.07, 6.45) is 3.06. The SMILES string of the molecule is CC(C)c1ccc(S(=O)(=O)NCCC2CCCO2)cc1. The molecule has 1 heterocycles. The lowest BCUT2D eigenvalue weighted by molar-refractivity contribution is 0.105. The second kappa shape index (κ2) is 6.70. The van der Waals surface area contributed by atoms with Gasteiger partial charge in [0.25, 0.3) is 0 Å². The molecule has 0 aromatic heterocycles. The van der Waals surface area contributed by atoms with Gasteiger partial charge in [0.1, 0.15) is 0 Å². The van der Waals surface area contributed by atoms with E-state index in [0.29, 0.717) is 17.4 Å². The van der Waals surface area contributed by atoms with Crippen molar-refractivity contribution in [2.45, 2.75) is 50.0 Å². The van der Waals surface area contributed by atoms with Crippen LogP contribution in [0.2, 0.25) is 0 Å². The van der Waals surface area contributed by atoms with Crippen LogP contribution in [0.4, 0.5) is 0 Å². The van der Waals surface area contributed by atoms with Crippen LogP contribution < -0.4 is 4.72 Å². The van der Waals surface area contributed by atoms with Crippen molar-refractivity contribution in [2.24, 2.45) is 0 Å². The van der Waals surface area contributed by atoms with E-state index in [-0.39, 0.29) is 6.10 Å². The molecule has 0 saturated carbocycles. The van der Waals surface area contributed by atoms with Crippen molar-refractivity contribution in [1.29, 1.82) is 0 Å². The molecule has 1 atom stereocenters. The third-order valence-corrected chi connectivity index (χ3v) is 5.12. The summed E-state index contributed by atoms with van der Waals surface area (Å²) < 4.78 is 32.4. The number of rotatable bonds is 6. The van der Waals surface area contributed by atoms with E-state index < -0.39 is 10.0 Å². The summed E-state index contributed by atoms with van der Waals surface area (Å²) >= 11 is 0. The maximum atomic E-state index is 12.1. The predicted octanol–water partition coefficient (Wildman–Crippen LogP) is 2.66. The predicted molar refractivity (Wildman–Crippen MR) is 79.3 cm³/mol. The highest BCUT2D eigenvalue weighted by atomic mass is 32.2. The molecule has 1 N–H and O–H groups in total. The van der Waals surface area contributed by atoms with Gasteiger partial charge in [-0.25, -0.2) is 13.1 Å². The quantitative estimate of drug-likeness (QED) is 0.878. The van der Waals surface area contributed by atoms with Gasteiger partial charge in [-0.1, -0.05) is 26.0 Å². The first-order chi connectivity index (χ1) is 9.49. The highest BCUT2D eigenvalue weighted by Crippen LogP contribution is 2.18. The van der Waals surface area contributed by atoms with Crippen LogP contribution in [0, 0.1) is 0 Å². The Morgan fingerprint density at radius 3 is 2.55 bits per heavy atom. The first kappa shape index (κ1) is 15.5. The molecule has 1 aliphatic rings.